The largest absolute Gasteiger partial charge is 0.491 e. The molecule has 0 unspecified atom stereocenters. The lowest BCUT2D eigenvalue weighted by molar-refractivity contribution is 0.0596. The van der Waals surface area contributed by atoms with Crippen LogP contribution in [-0.2, 0) is 4.74 Å². The summed E-state index contributed by atoms with van der Waals surface area (Å²) in [4.78, 5) is 11.7. The molecule has 5 heteroatoms. The summed E-state index contributed by atoms with van der Waals surface area (Å²) in [5.41, 5.74) is 6.38. The van der Waals surface area contributed by atoms with Gasteiger partial charge in [-0.2, -0.15) is 0 Å². The summed E-state index contributed by atoms with van der Waals surface area (Å²) in [5.74, 6) is -0.145. The summed E-state index contributed by atoms with van der Waals surface area (Å²) >= 11 is 6.10. The van der Waals surface area contributed by atoms with Crippen molar-refractivity contribution in [3.05, 3.63) is 22.7 Å². The van der Waals surface area contributed by atoms with Crippen molar-refractivity contribution in [3.8, 4) is 5.75 Å². The molecule has 1 rings (SSSR count). The van der Waals surface area contributed by atoms with E-state index in [2.05, 4.69) is 6.92 Å². The molecular formula is C16H24ClNO3. The lowest BCUT2D eigenvalue weighted by atomic mass is 10.1. The summed E-state index contributed by atoms with van der Waals surface area (Å²) in [6.07, 6.45) is 7.02. The molecular weight excluding hydrogens is 290 g/mol. The molecule has 0 heterocycles. The van der Waals surface area contributed by atoms with Crippen LogP contribution in [0.15, 0.2) is 12.1 Å². The molecule has 0 aliphatic rings. The van der Waals surface area contributed by atoms with Crippen LogP contribution in [0, 0.1) is 0 Å². The second-order valence-electron chi connectivity index (χ2n) is 4.99. The van der Waals surface area contributed by atoms with Gasteiger partial charge in [0.05, 0.1) is 18.7 Å². The Hall–Kier alpha value is -1.42. The Morgan fingerprint density at radius 1 is 1.19 bits per heavy atom. The van der Waals surface area contributed by atoms with Gasteiger partial charge < -0.3 is 15.2 Å². The highest BCUT2D eigenvalue weighted by atomic mass is 35.5. The average Bonchev–Trinajstić information content (AvgIpc) is 2.46. The monoisotopic (exact) mass is 313 g/mol. The van der Waals surface area contributed by atoms with Crippen LogP contribution in [0.3, 0.4) is 0 Å². The molecule has 1 aromatic rings. The first-order valence-corrected chi connectivity index (χ1v) is 7.78. The second-order valence-corrected chi connectivity index (χ2v) is 5.39. The van der Waals surface area contributed by atoms with Gasteiger partial charge in [0, 0.05) is 5.69 Å². The maximum Gasteiger partial charge on any atom is 0.341 e. The number of carbonyl (C=O) groups is 1. The number of nitrogens with two attached hydrogens (primary N) is 1. The van der Waals surface area contributed by atoms with E-state index >= 15 is 0 Å². The molecule has 0 saturated carbocycles. The SMILES string of the molecule is CCCCCCCCOc1c(Cl)cc(N)cc1C(=O)OC. The predicted octanol–water partition coefficient (Wildman–Crippen LogP) is 4.45. The molecule has 0 aromatic heterocycles. The number of esters is 1. The Kier molecular flexibility index (Phi) is 7.98. The highest BCUT2D eigenvalue weighted by molar-refractivity contribution is 6.33. The maximum absolute atomic E-state index is 11.7. The van der Waals surface area contributed by atoms with Gasteiger partial charge in [-0.15, -0.1) is 0 Å². The molecule has 0 amide bonds. The van der Waals surface area contributed by atoms with Crippen LogP contribution in [0.5, 0.6) is 5.75 Å². The number of ether oxygens (including phenoxy) is 2. The Labute approximate surface area is 131 Å². The quantitative estimate of drug-likeness (QED) is 0.415. The van der Waals surface area contributed by atoms with Gasteiger partial charge in [0.1, 0.15) is 5.56 Å². The molecule has 0 saturated heterocycles. The predicted molar refractivity (Wildman–Crippen MR) is 86.1 cm³/mol. The number of benzene rings is 1. The Bertz CT molecular complexity index is 463. The maximum atomic E-state index is 11.7. The molecule has 0 radical (unpaired) electrons. The third-order valence-electron chi connectivity index (χ3n) is 3.22. The van der Waals surface area contributed by atoms with Gasteiger partial charge in [-0.3, -0.25) is 0 Å². The summed E-state index contributed by atoms with van der Waals surface area (Å²) in [6, 6.07) is 3.10. The second kappa shape index (κ2) is 9.50. The highest BCUT2D eigenvalue weighted by Crippen LogP contribution is 2.32. The average molecular weight is 314 g/mol. The van der Waals surface area contributed by atoms with Gasteiger partial charge in [0.15, 0.2) is 5.75 Å². The van der Waals surface area contributed by atoms with Crippen molar-refractivity contribution in [2.75, 3.05) is 19.5 Å². The van der Waals surface area contributed by atoms with E-state index in [1.165, 1.54) is 38.9 Å². The number of anilines is 1. The number of halogens is 1. The van der Waals surface area contributed by atoms with Crippen molar-refractivity contribution in [1.82, 2.24) is 0 Å². The minimum absolute atomic E-state index is 0.272. The zero-order chi connectivity index (χ0) is 15.7. The summed E-state index contributed by atoms with van der Waals surface area (Å²) in [5, 5.41) is 0.335. The van der Waals surface area contributed by atoms with Gasteiger partial charge in [-0.25, -0.2) is 4.79 Å². The van der Waals surface area contributed by atoms with Crippen molar-refractivity contribution in [2.24, 2.45) is 0 Å². The molecule has 21 heavy (non-hydrogen) atoms. The fourth-order valence-corrected chi connectivity index (χ4v) is 2.36. The number of methoxy groups -OCH3 is 1. The third-order valence-corrected chi connectivity index (χ3v) is 3.50. The van der Waals surface area contributed by atoms with E-state index in [4.69, 9.17) is 26.8 Å². The minimum atomic E-state index is -0.498. The van der Waals surface area contributed by atoms with E-state index in [0.29, 0.717) is 23.1 Å². The van der Waals surface area contributed by atoms with Crippen LogP contribution < -0.4 is 10.5 Å². The number of rotatable bonds is 9. The molecule has 4 nitrogen and oxygen atoms in total. The number of nitrogen functional groups attached to an aromatic ring is 1. The molecule has 0 bridgehead atoms. The van der Waals surface area contributed by atoms with E-state index in [9.17, 15) is 4.79 Å². The Morgan fingerprint density at radius 2 is 1.86 bits per heavy atom. The fourth-order valence-electron chi connectivity index (χ4n) is 2.08. The smallest absolute Gasteiger partial charge is 0.341 e. The zero-order valence-electron chi connectivity index (χ0n) is 12.8. The third kappa shape index (κ3) is 5.84. The molecule has 1 aromatic carbocycles. The van der Waals surface area contributed by atoms with E-state index < -0.39 is 5.97 Å². The van der Waals surface area contributed by atoms with Crippen molar-refractivity contribution in [2.45, 2.75) is 45.4 Å². The van der Waals surface area contributed by atoms with Gasteiger partial charge in [0.2, 0.25) is 0 Å². The van der Waals surface area contributed by atoms with Gasteiger partial charge in [0.25, 0.3) is 0 Å². The topological polar surface area (TPSA) is 61.5 Å². The van der Waals surface area contributed by atoms with Crippen molar-refractivity contribution in [1.29, 1.82) is 0 Å². The van der Waals surface area contributed by atoms with Crippen molar-refractivity contribution >= 4 is 23.3 Å². The van der Waals surface area contributed by atoms with Gasteiger partial charge in [-0.1, -0.05) is 50.6 Å². The number of hydrogen-bond donors (Lipinski definition) is 1. The van der Waals surface area contributed by atoms with Crippen molar-refractivity contribution in [3.63, 3.8) is 0 Å². The molecule has 0 aliphatic heterocycles. The van der Waals surface area contributed by atoms with Gasteiger partial charge >= 0.3 is 5.97 Å². The van der Waals surface area contributed by atoms with E-state index in [-0.39, 0.29) is 5.56 Å². The number of carbonyl (C=O) groups excluding carboxylic acids is 1. The molecule has 0 atom stereocenters. The summed E-state index contributed by atoms with van der Waals surface area (Å²) in [6.45, 7) is 2.72. The van der Waals surface area contributed by atoms with Crippen molar-refractivity contribution < 1.29 is 14.3 Å². The summed E-state index contributed by atoms with van der Waals surface area (Å²) < 4.78 is 10.4. The van der Waals surface area contributed by atoms with Crippen LogP contribution in [0.1, 0.15) is 55.8 Å². The van der Waals surface area contributed by atoms with E-state index in [1.807, 2.05) is 0 Å². The summed E-state index contributed by atoms with van der Waals surface area (Å²) in [7, 11) is 1.32. The van der Waals surface area contributed by atoms with Crippen LogP contribution >= 0.6 is 11.6 Å². The first kappa shape index (κ1) is 17.6. The fraction of sp³-hybridized carbons (Fsp3) is 0.562. The normalized spacial score (nSPS) is 10.4. The minimum Gasteiger partial charge on any atom is -0.491 e. The Balaban J connectivity index is 2.56. The highest BCUT2D eigenvalue weighted by Gasteiger charge is 2.17. The number of unbranched alkanes of at least 4 members (excludes halogenated alkanes) is 5. The lowest BCUT2D eigenvalue weighted by Crippen LogP contribution is -2.08. The van der Waals surface area contributed by atoms with E-state index in [0.717, 1.165) is 12.8 Å². The molecule has 2 N–H and O–H groups in total. The Morgan fingerprint density at radius 3 is 2.52 bits per heavy atom. The van der Waals surface area contributed by atoms with E-state index in [1.54, 1.807) is 6.07 Å². The lowest BCUT2D eigenvalue weighted by Gasteiger charge is -2.13. The molecule has 0 spiro atoms. The van der Waals surface area contributed by atoms with Crippen LogP contribution in [0.25, 0.3) is 0 Å². The number of hydrogen-bond acceptors (Lipinski definition) is 4. The first-order valence-electron chi connectivity index (χ1n) is 7.40. The first-order chi connectivity index (χ1) is 10.1. The van der Waals surface area contributed by atoms with Crippen LogP contribution in [0.4, 0.5) is 5.69 Å². The molecule has 0 aliphatic carbocycles. The molecule has 118 valence electrons. The zero-order valence-corrected chi connectivity index (χ0v) is 13.5. The standard InChI is InChI=1S/C16H24ClNO3/c1-3-4-5-6-7-8-9-21-15-13(16(19)20-2)10-12(18)11-14(15)17/h10-11H,3-9,18H2,1-2H3. The van der Waals surface area contributed by atoms with Gasteiger partial charge in [-0.05, 0) is 18.6 Å². The molecule has 0 fully saturated rings. The van der Waals surface area contributed by atoms with Crippen LogP contribution in [-0.4, -0.2) is 19.7 Å². The van der Waals surface area contributed by atoms with Crippen LogP contribution in [0.2, 0.25) is 5.02 Å².